The van der Waals surface area contributed by atoms with Gasteiger partial charge < -0.3 is 10.6 Å². The van der Waals surface area contributed by atoms with E-state index >= 15 is 0 Å². The smallest absolute Gasteiger partial charge is 0.0762 e. The van der Waals surface area contributed by atoms with Gasteiger partial charge in [0.2, 0.25) is 0 Å². The van der Waals surface area contributed by atoms with Crippen molar-refractivity contribution in [2.75, 3.05) is 13.1 Å². The summed E-state index contributed by atoms with van der Waals surface area (Å²) in [6.07, 6.45) is 0. The molecule has 0 aliphatic rings. The van der Waals surface area contributed by atoms with E-state index in [-0.39, 0.29) is 0 Å². The Morgan fingerprint density at radius 3 is 2.62 bits per heavy atom. The summed E-state index contributed by atoms with van der Waals surface area (Å²) in [6.45, 7) is 11.6. The van der Waals surface area contributed by atoms with E-state index in [0.29, 0.717) is 12.0 Å². The number of aromatic nitrogens is 2. The lowest BCUT2D eigenvalue weighted by Gasteiger charge is -2.14. The Labute approximate surface area is 98.2 Å². The van der Waals surface area contributed by atoms with Gasteiger partial charge in [-0.05, 0) is 32.4 Å². The van der Waals surface area contributed by atoms with Crippen molar-refractivity contribution in [3.63, 3.8) is 0 Å². The van der Waals surface area contributed by atoms with Gasteiger partial charge in [0.1, 0.15) is 0 Å². The zero-order valence-electron chi connectivity index (χ0n) is 10.8. The topological polar surface area (TPSA) is 52.7 Å². The van der Waals surface area contributed by atoms with Gasteiger partial charge in [-0.1, -0.05) is 13.8 Å². The lowest BCUT2D eigenvalue weighted by molar-refractivity contribution is 0.470. The van der Waals surface area contributed by atoms with Crippen molar-refractivity contribution in [2.45, 2.75) is 40.3 Å². The van der Waals surface area contributed by atoms with E-state index < -0.39 is 0 Å². The first-order chi connectivity index (χ1) is 7.58. The van der Waals surface area contributed by atoms with Crippen LogP contribution in [0.3, 0.4) is 0 Å². The molecule has 0 fully saturated rings. The lowest BCUT2D eigenvalue weighted by Crippen LogP contribution is -2.37. The Morgan fingerprint density at radius 2 is 2.06 bits per heavy atom. The first kappa shape index (κ1) is 13.2. The molecule has 1 heterocycles. The van der Waals surface area contributed by atoms with E-state index in [1.165, 1.54) is 0 Å². The number of aromatic amines is 1. The molecule has 1 rings (SSSR count). The fourth-order valence-electron chi connectivity index (χ4n) is 1.50. The van der Waals surface area contributed by atoms with Crippen LogP contribution in [0.4, 0.5) is 0 Å². The SMILES string of the molecule is Cc1cc(CNC(C)CNCC(C)C)n[nH]1. The van der Waals surface area contributed by atoms with E-state index in [2.05, 4.69) is 47.7 Å². The summed E-state index contributed by atoms with van der Waals surface area (Å²) >= 11 is 0. The number of aryl methyl sites for hydroxylation is 1. The van der Waals surface area contributed by atoms with Crippen LogP contribution < -0.4 is 10.6 Å². The van der Waals surface area contributed by atoms with Crippen molar-refractivity contribution in [1.29, 1.82) is 0 Å². The summed E-state index contributed by atoms with van der Waals surface area (Å²) in [6, 6.07) is 2.54. The zero-order valence-corrected chi connectivity index (χ0v) is 10.8. The van der Waals surface area contributed by atoms with Crippen LogP contribution in [-0.4, -0.2) is 29.3 Å². The van der Waals surface area contributed by atoms with Gasteiger partial charge in [0, 0.05) is 24.8 Å². The molecule has 0 amide bonds. The average molecular weight is 224 g/mol. The van der Waals surface area contributed by atoms with Crippen LogP contribution in [0.25, 0.3) is 0 Å². The van der Waals surface area contributed by atoms with E-state index in [4.69, 9.17) is 0 Å². The first-order valence-corrected chi connectivity index (χ1v) is 6.03. The van der Waals surface area contributed by atoms with Crippen molar-refractivity contribution in [2.24, 2.45) is 5.92 Å². The highest BCUT2D eigenvalue weighted by Crippen LogP contribution is 1.97. The molecule has 1 atom stereocenters. The molecule has 4 heteroatoms. The molecule has 4 nitrogen and oxygen atoms in total. The highest BCUT2D eigenvalue weighted by Gasteiger charge is 2.03. The van der Waals surface area contributed by atoms with Gasteiger partial charge in [-0.15, -0.1) is 0 Å². The Morgan fingerprint density at radius 1 is 1.31 bits per heavy atom. The van der Waals surface area contributed by atoms with Crippen molar-refractivity contribution in [1.82, 2.24) is 20.8 Å². The number of hydrogen-bond acceptors (Lipinski definition) is 3. The minimum Gasteiger partial charge on any atom is -0.315 e. The molecule has 16 heavy (non-hydrogen) atoms. The largest absolute Gasteiger partial charge is 0.315 e. The Balaban J connectivity index is 2.12. The van der Waals surface area contributed by atoms with E-state index in [0.717, 1.165) is 31.0 Å². The first-order valence-electron chi connectivity index (χ1n) is 6.03. The number of rotatable bonds is 7. The van der Waals surface area contributed by atoms with Gasteiger partial charge in [-0.3, -0.25) is 5.10 Å². The third-order valence-electron chi connectivity index (χ3n) is 2.39. The maximum Gasteiger partial charge on any atom is 0.0762 e. The number of nitrogens with zero attached hydrogens (tertiary/aromatic N) is 1. The summed E-state index contributed by atoms with van der Waals surface area (Å²) < 4.78 is 0. The summed E-state index contributed by atoms with van der Waals surface area (Å²) in [5, 5.41) is 14.0. The summed E-state index contributed by atoms with van der Waals surface area (Å²) in [4.78, 5) is 0. The molecule has 0 saturated heterocycles. The van der Waals surface area contributed by atoms with Crippen molar-refractivity contribution >= 4 is 0 Å². The summed E-state index contributed by atoms with van der Waals surface area (Å²) in [5.74, 6) is 0.709. The molecule has 0 bridgehead atoms. The molecule has 92 valence electrons. The van der Waals surface area contributed by atoms with Crippen molar-refractivity contribution in [3.05, 3.63) is 17.5 Å². The van der Waals surface area contributed by atoms with Crippen LogP contribution in [0.15, 0.2) is 6.07 Å². The Bertz CT molecular complexity index is 293. The zero-order chi connectivity index (χ0) is 12.0. The molecular formula is C12H24N4. The second kappa shape index (κ2) is 6.66. The molecule has 0 aliphatic carbocycles. The standard InChI is InChI=1S/C12H24N4/c1-9(2)6-13-7-11(4)14-8-12-5-10(3)15-16-12/h5,9,11,13-14H,6-8H2,1-4H3,(H,15,16). The van der Waals surface area contributed by atoms with Crippen LogP contribution in [0, 0.1) is 12.8 Å². The third kappa shape index (κ3) is 5.28. The van der Waals surface area contributed by atoms with Crippen molar-refractivity contribution < 1.29 is 0 Å². The molecule has 3 N–H and O–H groups in total. The molecule has 0 aliphatic heterocycles. The molecule has 0 aromatic carbocycles. The predicted octanol–water partition coefficient (Wildman–Crippen LogP) is 1.44. The number of nitrogens with one attached hydrogen (secondary N) is 3. The maximum absolute atomic E-state index is 4.19. The van der Waals surface area contributed by atoms with Gasteiger partial charge in [0.05, 0.1) is 5.69 Å². The van der Waals surface area contributed by atoms with Crippen molar-refractivity contribution in [3.8, 4) is 0 Å². The minimum atomic E-state index is 0.468. The molecule has 1 aromatic heterocycles. The van der Waals surface area contributed by atoms with Crippen LogP contribution in [0.1, 0.15) is 32.2 Å². The van der Waals surface area contributed by atoms with Crippen LogP contribution >= 0.6 is 0 Å². The fraction of sp³-hybridized carbons (Fsp3) is 0.750. The van der Waals surface area contributed by atoms with Gasteiger partial charge in [0.15, 0.2) is 0 Å². The Hall–Kier alpha value is -0.870. The van der Waals surface area contributed by atoms with Gasteiger partial charge in [-0.2, -0.15) is 5.10 Å². The number of hydrogen-bond donors (Lipinski definition) is 3. The Kier molecular flexibility index (Phi) is 5.49. The second-order valence-electron chi connectivity index (χ2n) is 4.88. The average Bonchev–Trinajstić information content (AvgIpc) is 2.61. The molecule has 1 unspecified atom stereocenters. The quantitative estimate of drug-likeness (QED) is 0.657. The van der Waals surface area contributed by atoms with Crippen LogP contribution in [0.2, 0.25) is 0 Å². The molecule has 0 saturated carbocycles. The molecule has 0 radical (unpaired) electrons. The fourth-order valence-corrected chi connectivity index (χ4v) is 1.50. The number of H-pyrrole nitrogens is 1. The van der Waals surface area contributed by atoms with E-state index in [1.807, 2.05) is 6.92 Å². The normalized spacial score (nSPS) is 13.3. The van der Waals surface area contributed by atoms with E-state index in [9.17, 15) is 0 Å². The monoisotopic (exact) mass is 224 g/mol. The summed E-state index contributed by atoms with van der Waals surface area (Å²) in [7, 11) is 0. The second-order valence-corrected chi connectivity index (χ2v) is 4.88. The lowest BCUT2D eigenvalue weighted by atomic mass is 10.2. The van der Waals surface area contributed by atoms with Gasteiger partial charge in [0.25, 0.3) is 0 Å². The predicted molar refractivity (Wildman–Crippen MR) is 67.3 cm³/mol. The molecule has 0 spiro atoms. The minimum absolute atomic E-state index is 0.468. The molecular weight excluding hydrogens is 200 g/mol. The van der Waals surface area contributed by atoms with Gasteiger partial charge in [-0.25, -0.2) is 0 Å². The summed E-state index contributed by atoms with van der Waals surface area (Å²) in [5.41, 5.74) is 2.19. The van der Waals surface area contributed by atoms with E-state index in [1.54, 1.807) is 0 Å². The highest BCUT2D eigenvalue weighted by atomic mass is 15.1. The third-order valence-corrected chi connectivity index (χ3v) is 2.39. The van der Waals surface area contributed by atoms with Gasteiger partial charge >= 0.3 is 0 Å². The van der Waals surface area contributed by atoms with Crippen LogP contribution in [-0.2, 0) is 6.54 Å². The highest BCUT2D eigenvalue weighted by molar-refractivity contribution is 5.06. The van der Waals surface area contributed by atoms with Crippen LogP contribution in [0.5, 0.6) is 0 Å². The molecule has 1 aromatic rings. The maximum atomic E-state index is 4.19.